The summed E-state index contributed by atoms with van der Waals surface area (Å²) in [6.07, 6.45) is 1.94. The van der Waals surface area contributed by atoms with Crippen LogP contribution in [0.3, 0.4) is 0 Å². The summed E-state index contributed by atoms with van der Waals surface area (Å²) in [5.74, 6) is 0. The predicted molar refractivity (Wildman–Crippen MR) is 80.7 cm³/mol. The average Bonchev–Trinajstić information content (AvgIpc) is 2.48. The van der Waals surface area contributed by atoms with Crippen molar-refractivity contribution in [3.05, 3.63) is 71.8 Å². The summed E-state index contributed by atoms with van der Waals surface area (Å²) < 4.78 is 11.2. The smallest absolute Gasteiger partial charge is 0.304 e. The van der Waals surface area contributed by atoms with Gasteiger partial charge in [-0.1, -0.05) is 60.7 Å². The largest absolute Gasteiger partial charge is 0.398 e. The molecule has 0 N–H and O–H groups in total. The first-order chi connectivity index (χ1) is 9.45. The third-order valence-corrected chi connectivity index (χ3v) is 3.83. The van der Waals surface area contributed by atoms with Crippen LogP contribution in [-0.4, -0.2) is 23.2 Å². The number of rotatable bonds is 8. The molecule has 0 aromatic heterocycles. The maximum absolute atomic E-state index is 5.59. The lowest BCUT2D eigenvalue weighted by molar-refractivity contribution is 0.225. The lowest BCUT2D eigenvalue weighted by Crippen LogP contribution is -2.09. The average molecular weight is 272 g/mol. The third-order valence-electron chi connectivity index (χ3n) is 2.92. The van der Waals surface area contributed by atoms with Gasteiger partial charge in [0, 0.05) is 13.2 Å². The Balaban J connectivity index is 1.49. The van der Waals surface area contributed by atoms with E-state index in [0.717, 1.165) is 26.1 Å². The van der Waals surface area contributed by atoms with Gasteiger partial charge in [-0.15, -0.1) is 0 Å². The summed E-state index contributed by atoms with van der Waals surface area (Å²) in [6.45, 7) is 1.53. The Morgan fingerprint density at radius 3 is 1.47 bits per heavy atom. The van der Waals surface area contributed by atoms with Gasteiger partial charge in [0.25, 0.3) is 0 Å². The summed E-state index contributed by atoms with van der Waals surface area (Å²) in [7, 11) is -0.820. The quantitative estimate of drug-likeness (QED) is 0.543. The van der Waals surface area contributed by atoms with Crippen LogP contribution in [0.1, 0.15) is 11.1 Å². The molecule has 2 rings (SSSR count). The number of benzene rings is 2. The van der Waals surface area contributed by atoms with Crippen LogP contribution in [0.4, 0.5) is 0 Å². The molecule has 0 atom stereocenters. The summed E-state index contributed by atoms with van der Waals surface area (Å²) >= 11 is 0. The first-order valence-corrected chi connectivity index (χ1v) is 7.84. The van der Waals surface area contributed by atoms with Crippen molar-refractivity contribution >= 4 is 10.0 Å². The van der Waals surface area contributed by atoms with Gasteiger partial charge in [-0.05, 0) is 24.0 Å². The summed E-state index contributed by atoms with van der Waals surface area (Å²) in [4.78, 5) is 0. The molecule has 0 aliphatic heterocycles. The van der Waals surface area contributed by atoms with E-state index in [0.29, 0.717) is 0 Å². The predicted octanol–water partition coefficient (Wildman–Crippen LogP) is 2.50. The van der Waals surface area contributed by atoms with Gasteiger partial charge >= 0.3 is 10.0 Å². The zero-order chi connectivity index (χ0) is 13.2. The van der Waals surface area contributed by atoms with Crippen molar-refractivity contribution in [1.82, 2.24) is 0 Å². The van der Waals surface area contributed by atoms with Gasteiger partial charge in [-0.2, -0.15) is 0 Å². The molecule has 0 heterocycles. The second kappa shape index (κ2) is 8.64. The fourth-order valence-electron chi connectivity index (χ4n) is 1.85. The molecule has 0 radical (unpaired) electrons. The van der Waals surface area contributed by atoms with E-state index in [1.165, 1.54) is 11.1 Å². The van der Waals surface area contributed by atoms with Crippen molar-refractivity contribution in [3.63, 3.8) is 0 Å². The van der Waals surface area contributed by atoms with Crippen molar-refractivity contribution < 1.29 is 8.85 Å². The fourth-order valence-corrected chi connectivity index (χ4v) is 2.49. The SMILES string of the molecule is c1ccc(CCO[SiH2]OCCc2ccccc2)cc1. The van der Waals surface area contributed by atoms with Gasteiger partial charge in [0.15, 0.2) is 0 Å². The van der Waals surface area contributed by atoms with Crippen LogP contribution in [-0.2, 0) is 21.7 Å². The molecule has 0 aliphatic carbocycles. The molecule has 0 fully saturated rings. The highest BCUT2D eigenvalue weighted by Gasteiger charge is 1.95. The molecule has 100 valence electrons. The Hall–Kier alpha value is -1.42. The van der Waals surface area contributed by atoms with E-state index in [1.54, 1.807) is 0 Å². The van der Waals surface area contributed by atoms with E-state index in [4.69, 9.17) is 8.85 Å². The Bertz CT molecular complexity index is 401. The van der Waals surface area contributed by atoms with Gasteiger partial charge in [-0.3, -0.25) is 0 Å². The van der Waals surface area contributed by atoms with Gasteiger partial charge in [-0.25, -0.2) is 0 Å². The van der Waals surface area contributed by atoms with E-state index < -0.39 is 10.0 Å². The normalized spacial score (nSPS) is 10.5. The van der Waals surface area contributed by atoms with Crippen LogP contribution < -0.4 is 0 Å². The molecule has 19 heavy (non-hydrogen) atoms. The van der Waals surface area contributed by atoms with Gasteiger partial charge in [0.1, 0.15) is 0 Å². The molecule has 0 unspecified atom stereocenters. The van der Waals surface area contributed by atoms with Crippen LogP contribution >= 0.6 is 0 Å². The highest BCUT2D eigenvalue weighted by atomic mass is 28.3. The zero-order valence-electron chi connectivity index (χ0n) is 11.1. The topological polar surface area (TPSA) is 18.5 Å². The van der Waals surface area contributed by atoms with Gasteiger partial charge in [0.2, 0.25) is 0 Å². The molecule has 2 aromatic rings. The Labute approximate surface area is 117 Å². The van der Waals surface area contributed by atoms with E-state index in [9.17, 15) is 0 Å². The molecule has 2 nitrogen and oxygen atoms in total. The van der Waals surface area contributed by atoms with E-state index >= 15 is 0 Å². The van der Waals surface area contributed by atoms with Gasteiger partial charge < -0.3 is 8.85 Å². The van der Waals surface area contributed by atoms with Crippen molar-refractivity contribution in [3.8, 4) is 0 Å². The lowest BCUT2D eigenvalue weighted by Gasteiger charge is -2.06. The second-order valence-electron chi connectivity index (χ2n) is 4.41. The zero-order valence-corrected chi connectivity index (χ0v) is 12.5. The van der Waals surface area contributed by atoms with Crippen molar-refractivity contribution in [1.29, 1.82) is 0 Å². The highest BCUT2D eigenvalue weighted by Crippen LogP contribution is 2.00. The molecule has 0 amide bonds. The van der Waals surface area contributed by atoms with Crippen LogP contribution in [0.25, 0.3) is 0 Å². The van der Waals surface area contributed by atoms with Crippen molar-refractivity contribution in [2.24, 2.45) is 0 Å². The van der Waals surface area contributed by atoms with E-state index in [1.807, 2.05) is 12.1 Å². The molecule has 0 spiro atoms. The molecule has 3 heteroatoms. The minimum absolute atomic E-state index is 0.765. The van der Waals surface area contributed by atoms with Crippen LogP contribution in [0.5, 0.6) is 0 Å². The fraction of sp³-hybridized carbons (Fsp3) is 0.250. The summed E-state index contributed by atoms with van der Waals surface area (Å²) in [6, 6.07) is 20.8. The molecule has 0 aliphatic rings. The molecular weight excluding hydrogens is 252 g/mol. The summed E-state index contributed by atoms with van der Waals surface area (Å²) in [5, 5.41) is 0. The molecular formula is C16H20O2Si. The Morgan fingerprint density at radius 1 is 0.632 bits per heavy atom. The second-order valence-corrected chi connectivity index (χ2v) is 5.46. The van der Waals surface area contributed by atoms with Crippen molar-refractivity contribution in [2.45, 2.75) is 12.8 Å². The molecule has 0 bridgehead atoms. The third kappa shape index (κ3) is 5.83. The van der Waals surface area contributed by atoms with E-state index in [2.05, 4.69) is 48.5 Å². The molecule has 0 saturated heterocycles. The first kappa shape index (κ1) is 14.0. The minimum Gasteiger partial charge on any atom is -0.398 e. The Morgan fingerprint density at radius 2 is 1.05 bits per heavy atom. The minimum atomic E-state index is -0.820. The summed E-state index contributed by atoms with van der Waals surface area (Å²) in [5.41, 5.74) is 2.64. The maximum Gasteiger partial charge on any atom is 0.304 e. The number of hydrogen-bond donors (Lipinski definition) is 0. The van der Waals surface area contributed by atoms with Crippen molar-refractivity contribution in [2.75, 3.05) is 13.2 Å². The first-order valence-electron chi connectivity index (χ1n) is 6.68. The monoisotopic (exact) mass is 272 g/mol. The lowest BCUT2D eigenvalue weighted by atomic mass is 10.2. The number of hydrogen-bond acceptors (Lipinski definition) is 2. The van der Waals surface area contributed by atoms with Gasteiger partial charge in [0.05, 0.1) is 0 Å². The molecule has 2 aromatic carbocycles. The van der Waals surface area contributed by atoms with E-state index in [-0.39, 0.29) is 0 Å². The molecule has 0 saturated carbocycles. The van der Waals surface area contributed by atoms with Crippen LogP contribution in [0.2, 0.25) is 0 Å². The standard InChI is InChI=1S/C16H20O2Si/c1-3-7-15(8-4-1)11-13-17-19-18-14-12-16-9-5-2-6-10-16/h1-10H,11-14,19H2. The van der Waals surface area contributed by atoms with Crippen LogP contribution in [0, 0.1) is 0 Å². The highest BCUT2D eigenvalue weighted by molar-refractivity contribution is 6.17. The van der Waals surface area contributed by atoms with Crippen LogP contribution in [0.15, 0.2) is 60.7 Å². The maximum atomic E-state index is 5.59. The Kier molecular flexibility index (Phi) is 6.36.